The first-order valence-corrected chi connectivity index (χ1v) is 5.10. The first kappa shape index (κ1) is 11.0. The van der Waals surface area contributed by atoms with Crippen molar-refractivity contribution < 1.29 is 4.39 Å². The number of aryl methyl sites for hydroxylation is 1. The highest BCUT2D eigenvalue weighted by atomic mass is 19.1. The molecule has 0 heterocycles. The fourth-order valence-electron chi connectivity index (χ4n) is 1.22. The van der Waals surface area contributed by atoms with Gasteiger partial charge in [-0.3, -0.25) is 0 Å². The zero-order chi connectivity index (χ0) is 10.6. The van der Waals surface area contributed by atoms with Crippen molar-refractivity contribution in [3.05, 3.63) is 41.2 Å². The Morgan fingerprint density at radius 1 is 1.36 bits per heavy atom. The Morgan fingerprint density at radius 3 is 2.57 bits per heavy atom. The zero-order valence-electron chi connectivity index (χ0n) is 9.05. The Balaban J connectivity index is 2.89. The van der Waals surface area contributed by atoms with Crippen molar-refractivity contribution in [2.75, 3.05) is 0 Å². The molecule has 14 heavy (non-hydrogen) atoms. The molecule has 1 rings (SSSR count). The minimum atomic E-state index is -0.124. The average Bonchev–Trinajstić information content (AvgIpc) is 2.15. The van der Waals surface area contributed by atoms with E-state index in [0.717, 1.165) is 12.0 Å². The molecule has 0 aliphatic rings. The second-order valence-corrected chi connectivity index (χ2v) is 3.81. The third kappa shape index (κ3) is 2.99. The van der Waals surface area contributed by atoms with E-state index in [2.05, 4.69) is 13.8 Å². The van der Waals surface area contributed by atoms with E-state index in [1.165, 1.54) is 0 Å². The summed E-state index contributed by atoms with van der Waals surface area (Å²) in [6, 6.07) is 5.43. The van der Waals surface area contributed by atoms with Crippen LogP contribution in [0.3, 0.4) is 0 Å². The van der Waals surface area contributed by atoms with Gasteiger partial charge in [0.05, 0.1) is 0 Å². The van der Waals surface area contributed by atoms with Crippen molar-refractivity contribution in [1.82, 2.24) is 0 Å². The standard InChI is InChI=1S/C13H17F/c1-4-11-6-8-12(13(14)9-11)7-5-10(2)3/h5-10H,4H2,1-3H3/b7-5+. The summed E-state index contributed by atoms with van der Waals surface area (Å²) in [5, 5.41) is 0. The Bertz CT molecular complexity index is 324. The number of benzene rings is 1. The van der Waals surface area contributed by atoms with Crippen molar-refractivity contribution in [3.63, 3.8) is 0 Å². The van der Waals surface area contributed by atoms with Crippen LogP contribution in [0.4, 0.5) is 4.39 Å². The maximum atomic E-state index is 13.4. The molecule has 0 aliphatic heterocycles. The number of rotatable bonds is 3. The van der Waals surface area contributed by atoms with Crippen molar-refractivity contribution in [2.24, 2.45) is 5.92 Å². The Hall–Kier alpha value is -1.11. The van der Waals surface area contributed by atoms with Crippen LogP contribution in [0.25, 0.3) is 6.08 Å². The molecule has 0 unspecified atom stereocenters. The summed E-state index contributed by atoms with van der Waals surface area (Å²) in [6.45, 7) is 6.18. The third-order valence-corrected chi connectivity index (χ3v) is 2.13. The number of allylic oxidation sites excluding steroid dienone is 1. The van der Waals surface area contributed by atoms with Crippen LogP contribution >= 0.6 is 0 Å². The molecular formula is C13H17F. The van der Waals surface area contributed by atoms with Gasteiger partial charge >= 0.3 is 0 Å². The molecule has 76 valence electrons. The smallest absolute Gasteiger partial charge is 0.130 e. The van der Waals surface area contributed by atoms with Crippen LogP contribution in [0.2, 0.25) is 0 Å². The molecule has 0 radical (unpaired) electrons. The van der Waals surface area contributed by atoms with Gasteiger partial charge in [-0.2, -0.15) is 0 Å². The minimum Gasteiger partial charge on any atom is -0.206 e. The Labute approximate surface area is 85.5 Å². The molecule has 0 amide bonds. The van der Waals surface area contributed by atoms with Crippen LogP contribution in [0.15, 0.2) is 24.3 Å². The van der Waals surface area contributed by atoms with Crippen LogP contribution in [0.5, 0.6) is 0 Å². The van der Waals surface area contributed by atoms with E-state index in [4.69, 9.17) is 0 Å². The minimum absolute atomic E-state index is 0.124. The van der Waals surface area contributed by atoms with Gasteiger partial charge in [0.1, 0.15) is 5.82 Å². The van der Waals surface area contributed by atoms with Crippen LogP contribution < -0.4 is 0 Å². The molecular weight excluding hydrogens is 175 g/mol. The molecule has 0 spiro atoms. The number of hydrogen-bond acceptors (Lipinski definition) is 0. The molecule has 1 aromatic carbocycles. The molecule has 0 N–H and O–H groups in total. The van der Waals surface area contributed by atoms with Crippen molar-refractivity contribution in [3.8, 4) is 0 Å². The summed E-state index contributed by atoms with van der Waals surface area (Å²) in [5.41, 5.74) is 1.72. The highest BCUT2D eigenvalue weighted by molar-refractivity contribution is 5.50. The van der Waals surface area contributed by atoms with Gasteiger partial charge in [0.15, 0.2) is 0 Å². The van der Waals surface area contributed by atoms with E-state index in [1.54, 1.807) is 6.07 Å². The van der Waals surface area contributed by atoms with Crippen molar-refractivity contribution >= 4 is 6.08 Å². The summed E-state index contributed by atoms with van der Waals surface area (Å²) < 4.78 is 13.4. The van der Waals surface area contributed by atoms with Crippen LogP contribution in [-0.4, -0.2) is 0 Å². The lowest BCUT2D eigenvalue weighted by molar-refractivity contribution is 0.622. The highest BCUT2D eigenvalue weighted by Gasteiger charge is 1.99. The number of halogens is 1. The van der Waals surface area contributed by atoms with Gasteiger partial charge in [0.2, 0.25) is 0 Å². The van der Waals surface area contributed by atoms with E-state index >= 15 is 0 Å². The van der Waals surface area contributed by atoms with Gasteiger partial charge < -0.3 is 0 Å². The molecule has 0 bridgehead atoms. The van der Waals surface area contributed by atoms with E-state index in [9.17, 15) is 4.39 Å². The lowest BCUT2D eigenvalue weighted by Gasteiger charge is -2.01. The Kier molecular flexibility index (Phi) is 3.87. The molecule has 1 aromatic rings. The predicted molar refractivity (Wildman–Crippen MR) is 59.7 cm³/mol. The number of hydrogen-bond donors (Lipinski definition) is 0. The molecule has 0 aliphatic carbocycles. The second kappa shape index (κ2) is 4.94. The SMILES string of the molecule is CCc1ccc(/C=C/C(C)C)c(F)c1. The second-order valence-electron chi connectivity index (χ2n) is 3.81. The van der Waals surface area contributed by atoms with Gasteiger partial charge in [-0.1, -0.05) is 45.1 Å². The fourth-order valence-corrected chi connectivity index (χ4v) is 1.22. The van der Waals surface area contributed by atoms with Gasteiger partial charge in [-0.15, -0.1) is 0 Å². The maximum absolute atomic E-state index is 13.4. The first-order valence-electron chi connectivity index (χ1n) is 5.10. The normalized spacial score (nSPS) is 11.5. The highest BCUT2D eigenvalue weighted by Crippen LogP contribution is 2.13. The molecule has 0 fully saturated rings. The van der Waals surface area contributed by atoms with Crippen LogP contribution in [0, 0.1) is 11.7 Å². The fraction of sp³-hybridized carbons (Fsp3) is 0.385. The van der Waals surface area contributed by atoms with E-state index in [1.807, 2.05) is 31.2 Å². The van der Waals surface area contributed by atoms with E-state index in [0.29, 0.717) is 11.5 Å². The van der Waals surface area contributed by atoms with E-state index < -0.39 is 0 Å². The van der Waals surface area contributed by atoms with Gasteiger partial charge in [-0.25, -0.2) is 4.39 Å². The van der Waals surface area contributed by atoms with Gasteiger partial charge in [0.25, 0.3) is 0 Å². The Morgan fingerprint density at radius 2 is 2.07 bits per heavy atom. The molecule has 0 nitrogen and oxygen atoms in total. The lowest BCUT2D eigenvalue weighted by atomic mass is 10.1. The summed E-state index contributed by atoms with van der Waals surface area (Å²) >= 11 is 0. The van der Waals surface area contributed by atoms with Crippen molar-refractivity contribution in [1.29, 1.82) is 0 Å². The lowest BCUT2D eigenvalue weighted by Crippen LogP contribution is -1.87. The van der Waals surface area contributed by atoms with Crippen LogP contribution in [0.1, 0.15) is 31.9 Å². The van der Waals surface area contributed by atoms with Crippen molar-refractivity contribution in [2.45, 2.75) is 27.2 Å². The first-order chi connectivity index (χ1) is 6.63. The summed E-state index contributed by atoms with van der Waals surface area (Å²) in [6.07, 6.45) is 4.73. The molecule has 0 saturated heterocycles. The largest absolute Gasteiger partial charge is 0.206 e. The molecule has 0 atom stereocenters. The predicted octanol–water partition coefficient (Wildman–Crippen LogP) is 4.06. The van der Waals surface area contributed by atoms with Gasteiger partial charge in [0, 0.05) is 5.56 Å². The topological polar surface area (TPSA) is 0 Å². The van der Waals surface area contributed by atoms with Gasteiger partial charge in [-0.05, 0) is 24.0 Å². The summed E-state index contributed by atoms with van der Waals surface area (Å²) in [5.74, 6) is 0.335. The molecule has 0 saturated carbocycles. The maximum Gasteiger partial charge on any atom is 0.130 e. The van der Waals surface area contributed by atoms with Crippen LogP contribution in [-0.2, 0) is 6.42 Å². The van der Waals surface area contributed by atoms with E-state index in [-0.39, 0.29) is 5.82 Å². The summed E-state index contributed by atoms with van der Waals surface area (Å²) in [4.78, 5) is 0. The third-order valence-electron chi connectivity index (χ3n) is 2.13. The zero-order valence-corrected chi connectivity index (χ0v) is 9.05. The molecule has 0 aromatic heterocycles. The average molecular weight is 192 g/mol. The quantitative estimate of drug-likeness (QED) is 0.677. The summed E-state index contributed by atoms with van der Waals surface area (Å²) in [7, 11) is 0. The monoisotopic (exact) mass is 192 g/mol. The molecule has 1 heteroatoms.